The Bertz CT molecular complexity index is 385. The summed E-state index contributed by atoms with van der Waals surface area (Å²) >= 11 is 0. The average Bonchev–Trinajstić information content (AvgIpc) is 2.16. The second kappa shape index (κ2) is 7.24. The van der Waals surface area contributed by atoms with Crippen molar-refractivity contribution in [1.82, 2.24) is 0 Å². The topological polar surface area (TPSA) is 115 Å². The predicted molar refractivity (Wildman–Crippen MR) is 59.0 cm³/mol. The Hall–Kier alpha value is -2.08. The Morgan fingerprint density at radius 3 is 2.00 bits per heavy atom. The number of para-hydroxylation sites is 1. The molecule has 1 unspecified atom stereocenters. The monoisotopic (exact) mass is 242 g/mol. The van der Waals surface area contributed by atoms with E-state index in [0.717, 1.165) is 0 Å². The number of phenols is 1. The van der Waals surface area contributed by atoms with Crippen molar-refractivity contribution in [1.29, 1.82) is 0 Å². The molecule has 94 valence electrons. The first-order chi connectivity index (χ1) is 7.84. The maximum absolute atomic E-state index is 10.3. The normalized spacial score (nSPS) is 10.9. The van der Waals surface area contributed by atoms with Crippen LogP contribution in [0.5, 0.6) is 5.75 Å². The van der Waals surface area contributed by atoms with Gasteiger partial charge in [0.1, 0.15) is 11.3 Å². The Kier molecular flexibility index (Phi) is 6.35. The van der Waals surface area contributed by atoms with E-state index in [1.807, 2.05) is 0 Å². The molecule has 0 aliphatic heterocycles. The molecule has 0 bridgehead atoms. The lowest BCUT2D eigenvalue weighted by atomic mass is 10.2. The zero-order valence-corrected chi connectivity index (χ0v) is 9.20. The zero-order chi connectivity index (χ0) is 13.4. The van der Waals surface area contributed by atoms with Crippen LogP contribution in [0.15, 0.2) is 24.3 Å². The van der Waals surface area contributed by atoms with Crippen LogP contribution in [0.4, 0.5) is 0 Å². The molecule has 0 amide bonds. The maximum Gasteiger partial charge on any atom is 0.339 e. The molecule has 4 N–H and O–H groups in total. The standard InChI is InChI=1S/C7H6O3.C4H8O3/c8-6-4-2-1-3-5(6)7(9)10;1-3(5)2-4(6)7/h1-4,8H,(H,9,10);3,5H,2H2,1H3,(H,6,7). The van der Waals surface area contributed by atoms with Crippen LogP contribution in [-0.4, -0.2) is 38.5 Å². The molecule has 0 saturated heterocycles. The van der Waals surface area contributed by atoms with Crippen LogP contribution < -0.4 is 0 Å². The highest BCUT2D eigenvalue weighted by Crippen LogP contribution is 2.14. The molecule has 0 spiro atoms. The summed E-state index contributed by atoms with van der Waals surface area (Å²) in [6.07, 6.45) is -0.891. The van der Waals surface area contributed by atoms with Gasteiger partial charge in [0.2, 0.25) is 0 Å². The largest absolute Gasteiger partial charge is 0.507 e. The Balaban J connectivity index is 0.000000325. The van der Waals surface area contributed by atoms with Crippen molar-refractivity contribution >= 4 is 11.9 Å². The number of aromatic carboxylic acids is 1. The number of aromatic hydroxyl groups is 1. The third-order valence-corrected chi connectivity index (χ3v) is 1.60. The molecule has 1 aromatic carbocycles. The third kappa shape index (κ3) is 6.91. The van der Waals surface area contributed by atoms with Crippen molar-refractivity contribution < 1.29 is 30.0 Å². The number of rotatable bonds is 3. The molecule has 6 nitrogen and oxygen atoms in total. The van der Waals surface area contributed by atoms with E-state index in [0.29, 0.717) is 0 Å². The van der Waals surface area contributed by atoms with Crippen LogP contribution in [0.2, 0.25) is 0 Å². The molecule has 0 aromatic heterocycles. The molecule has 17 heavy (non-hydrogen) atoms. The number of aliphatic carboxylic acids is 1. The molecule has 0 aliphatic rings. The molecule has 0 heterocycles. The van der Waals surface area contributed by atoms with Crippen LogP contribution in [0.3, 0.4) is 0 Å². The van der Waals surface area contributed by atoms with Gasteiger partial charge in [0, 0.05) is 0 Å². The third-order valence-electron chi connectivity index (χ3n) is 1.60. The lowest BCUT2D eigenvalue weighted by Gasteiger charge is -1.95. The van der Waals surface area contributed by atoms with Crippen molar-refractivity contribution in [2.24, 2.45) is 0 Å². The van der Waals surface area contributed by atoms with E-state index in [2.05, 4.69) is 0 Å². The van der Waals surface area contributed by atoms with Crippen molar-refractivity contribution in [3.63, 3.8) is 0 Å². The van der Waals surface area contributed by atoms with Gasteiger partial charge < -0.3 is 20.4 Å². The minimum absolute atomic E-state index is 0.0671. The van der Waals surface area contributed by atoms with Gasteiger partial charge in [-0.25, -0.2) is 4.79 Å². The maximum atomic E-state index is 10.3. The number of benzene rings is 1. The fourth-order valence-electron chi connectivity index (χ4n) is 0.907. The second-order valence-corrected chi connectivity index (χ2v) is 3.27. The molecular weight excluding hydrogens is 228 g/mol. The van der Waals surface area contributed by atoms with Gasteiger partial charge in [0.05, 0.1) is 12.5 Å². The minimum Gasteiger partial charge on any atom is -0.507 e. The summed E-state index contributed by atoms with van der Waals surface area (Å²) in [5.74, 6) is -2.27. The molecule has 1 rings (SSSR count). The van der Waals surface area contributed by atoms with Gasteiger partial charge in [-0.05, 0) is 19.1 Å². The Morgan fingerprint density at radius 1 is 1.24 bits per heavy atom. The highest BCUT2D eigenvalue weighted by Gasteiger charge is 2.05. The van der Waals surface area contributed by atoms with E-state index in [4.69, 9.17) is 20.4 Å². The smallest absolute Gasteiger partial charge is 0.339 e. The van der Waals surface area contributed by atoms with Crippen molar-refractivity contribution in [2.75, 3.05) is 0 Å². The van der Waals surface area contributed by atoms with E-state index >= 15 is 0 Å². The molecular formula is C11H14O6. The Morgan fingerprint density at radius 2 is 1.76 bits per heavy atom. The lowest BCUT2D eigenvalue weighted by Crippen LogP contribution is -2.07. The van der Waals surface area contributed by atoms with E-state index in [1.54, 1.807) is 12.1 Å². The summed E-state index contributed by atoms with van der Waals surface area (Å²) < 4.78 is 0. The summed E-state index contributed by atoms with van der Waals surface area (Å²) in [5.41, 5.74) is -0.0671. The van der Waals surface area contributed by atoms with E-state index in [1.165, 1.54) is 19.1 Å². The number of hydrogen-bond acceptors (Lipinski definition) is 4. The highest BCUT2D eigenvalue weighted by atomic mass is 16.4. The van der Waals surface area contributed by atoms with Crippen molar-refractivity contribution in [2.45, 2.75) is 19.4 Å². The zero-order valence-electron chi connectivity index (χ0n) is 9.20. The van der Waals surface area contributed by atoms with Gasteiger partial charge in [-0.2, -0.15) is 0 Å². The molecule has 0 radical (unpaired) electrons. The number of carboxylic acids is 2. The van der Waals surface area contributed by atoms with Gasteiger partial charge >= 0.3 is 11.9 Å². The lowest BCUT2D eigenvalue weighted by molar-refractivity contribution is -0.138. The van der Waals surface area contributed by atoms with E-state index in [9.17, 15) is 9.59 Å². The Labute approximate surface area is 97.8 Å². The first-order valence-electron chi connectivity index (χ1n) is 4.75. The average molecular weight is 242 g/mol. The summed E-state index contributed by atoms with van der Waals surface area (Å²) in [5, 5.41) is 33.6. The fraction of sp³-hybridized carbons (Fsp3) is 0.273. The van der Waals surface area contributed by atoms with Gasteiger partial charge in [-0.3, -0.25) is 4.79 Å². The minimum atomic E-state index is -1.11. The first-order valence-corrected chi connectivity index (χ1v) is 4.75. The fourth-order valence-corrected chi connectivity index (χ4v) is 0.907. The van der Waals surface area contributed by atoms with Gasteiger partial charge in [-0.1, -0.05) is 12.1 Å². The first kappa shape index (κ1) is 14.9. The van der Waals surface area contributed by atoms with Gasteiger partial charge in [0.25, 0.3) is 0 Å². The van der Waals surface area contributed by atoms with Crippen molar-refractivity contribution in [3.05, 3.63) is 29.8 Å². The summed E-state index contributed by atoms with van der Waals surface area (Å²) in [6.45, 7) is 1.44. The summed E-state index contributed by atoms with van der Waals surface area (Å²) in [6, 6.07) is 5.81. The predicted octanol–water partition coefficient (Wildman–Crippen LogP) is 0.932. The quantitative estimate of drug-likeness (QED) is 0.626. The van der Waals surface area contributed by atoms with Gasteiger partial charge in [-0.15, -0.1) is 0 Å². The summed E-state index contributed by atoms with van der Waals surface area (Å²) in [7, 11) is 0. The number of hydrogen-bond donors (Lipinski definition) is 4. The molecule has 6 heteroatoms. The van der Waals surface area contributed by atoms with Crippen LogP contribution >= 0.6 is 0 Å². The van der Waals surface area contributed by atoms with Crippen LogP contribution in [-0.2, 0) is 4.79 Å². The molecule has 0 saturated carbocycles. The molecule has 0 fully saturated rings. The van der Waals surface area contributed by atoms with Crippen LogP contribution in [0.1, 0.15) is 23.7 Å². The number of aliphatic hydroxyl groups is 1. The molecule has 0 aliphatic carbocycles. The van der Waals surface area contributed by atoms with E-state index < -0.39 is 18.0 Å². The van der Waals surface area contributed by atoms with E-state index in [-0.39, 0.29) is 17.7 Å². The molecule has 1 atom stereocenters. The van der Waals surface area contributed by atoms with Crippen molar-refractivity contribution in [3.8, 4) is 5.75 Å². The second-order valence-electron chi connectivity index (χ2n) is 3.27. The summed E-state index contributed by atoms with van der Waals surface area (Å²) in [4.78, 5) is 19.9. The van der Waals surface area contributed by atoms with Crippen LogP contribution in [0.25, 0.3) is 0 Å². The molecule has 1 aromatic rings. The SMILES string of the molecule is CC(O)CC(=O)O.O=C(O)c1ccccc1O. The highest BCUT2D eigenvalue weighted by molar-refractivity contribution is 5.90. The van der Waals surface area contributed by atoms with Gasteiger partial charge in [0.15, 0.2) is 0 Å². The van der Waals surface area contributed by atoms with Crippen LogP contribution in [0, 0.1) is 0 Å². The number of carboxylic acid groups (broad SMARTS) is 2. The number of carbonyl (C=O) groups is 2. The number of aliphatic hydroxyl groups excluding tert-OH is 1.